The molecule has 0 amide bonds. The van der Waals surface area contributed by atoms with E-state index in [4.69, 9.17) is 15.9 Å². The van der Waals surface area contributed by atoms with Crippen LogP contribution >= 0.6 is 0 Å². The molecule has 34 heavy (non-hydrogen) atoms. The van der Waals surface area contributed by atoms with Gasteiger partial charge in [-0.25, -0.2) is 4.98 Å². The number of anilines is 1. The Morgan fingerprint density at radius 1 is 1.06 bits per heavy atom. The summed E-state index contributed by atoms with van der Waals surface area (Å²) in [5.41, 5.74) is 7.24. The predicted molar refractivity (Wildman–Crippen MR) is 117 cm³/mol. The largest absolute Gasteiger partial charge is 0.438 e. The first-order valence-corrected chi connectivity index (χ1v) is 10.2. The Morgan fingerprint density at radius 3 is 2.59 bits per heavy atom. The molecule has 1 aromatic heterocycles. The van der Waals surface area contributed by atoms with Gasteiger partial charge in [0.05, 0.1) is 28.4 Å². The fourth-order valence-corrected chi connectivity index (χ4v) is 4.19. The van der Waals surface area contributed by atoms with Crippen molar-refractivity contribution in [2.45, 2.75) is 12.1 Å². The standard InChI is InChI=1S/C25H16F3N5O/c26-25(27,28)18-6-1-2-7-19(18)33-13-32-24-22(23(33)31)21(15-4-3-5-16(30)11-15)17-9-8-14(12-29)10-20(17)34-24/h1-11,13,21,31H,30H2. The Morgan fingerprint density at radius 2 is 1.85 bits per heavy atom. The number of aromatic nitrogens is 2. The maximum absolute atomic E-state index is 13.7. The summed E-state index contributed by atoms with van der Waals surface area (Å²) in [5, 5.41) is 18.2. The van der Waals surface area contributed by atoms with Gasteiger partial charge in [-0.1, -0.05) is 30.3 Å². The second-order valence-corrected chi connectivity index (χ2v) is 7.77. The molecule has 3 aromatic carbocycles. The number of fused-ring (bicyclic) bond motifs is 2. The Labute approximate surface area is 191 Å². The van der Waals surface area contributed by atoms with Crippen LogP contribution < -0.4 is 16.0 Å². The second kappa shape index (κ2) is 7.78. The van der Waals surface area contributed by atoms with E-state index >= 15 is 0 Å². The maximum atomic E-state index is 13.7. The highest BCUT2D eigenvalue weighted by atomic mass is 19.4. The van der Waals surface area contributed by atoms with E-state index in [1.54, 1.807) is 36.4 Å². The molecule has 0 saturated heterocycles. The van der Waals surface area contributed by atoms with Crippen molar-refractivity contribution in [3.63, 3.8) is 0 Å². The van der Waals surface area contributed by atoms with E-state index in [9.17, 15) is 18.4 Å². The summed E-state index contributed by atoms with van der Waals surface area (Å²) in [7, 11) is 0. The van der Waals surface area contributed by atoms with E-state index in [2.05, 4.69) is 11.1 Å². The number of alkyl halides is 3. The molecule has 168 valence electrons. The summed E-state index contributed by atoms with van der Waals surface area (Å²) in [5.74, 6) is -0.124. The van der Waals surface area contributed by atoms with E-state index in [0.29, 0.717) is 33.7 Å². The average Bonchev–Trinajstić information content (AvgIpc) is 2.82. The van der Waals surface area contributed by atoms with Crippen LogP contribution in [0.4, 0.5) is 18.9 Å². The molecule has 0 aliphatic carbocycles. The van der Waals surface area contributed by atoms with E-state index in [1.807, 2.05) is 6.07 Å². The molecule has 0 radical (unpaired) electrons. The number of rotatable bonds is 2. The number of para-hydroxylation sites is 1. The number of nitrogen functional groups attached to an aromatic ring is 1. The van der Waals surface area contributed by atoms with Crippen molar-refractivity contribution < 1.29 is 17.9 Å². The topological polar surface area (TPSA) is 101 Å². The van der Waals surface area contributed by atoms with Crippen molar-refractivity contribution in [1.29, 1.82) is 10.7 Å². The van der Waals surface area contributed by atoms with E-state index in [1.165, 1.54) is 18.2 Å². The molecule has 5 rings (SSSR count). The molecule has 9 heteroatoms. The summed E-state index contributed by atoms with van der Waals surface area (Å²) in [4.78, 5) is 4.27. The number of halogens is 3. The molecule has 0 saturated carbocycles. The number of nitrogens with zero attached hydrogens (tertiary/aromatic N) is 3. The number of benzene rings is 3. The van der Waals surface area contributed by atoms with Gasteiger partial charge in [-0.05, 0) is 42.0 Å². The molecule has 3 N–H and O–H groups in total. The van der Waals surface area contributed by atoms with Crippen LogP contribution in [0.15, 0.2) is 73.1 Å². The highest BCUT2D eigenvalue weighted by Gasteiger charge is 2.36. The van der Waals surface area contributed by atoms with Crippen molar-refractivity contribution in [2.75, 3.05) is 5.73 Å². The zero-order valence-corrected chi connectivity index (χ0v) is 17.5. The monoisotopic (exact) mass is 459 g/mol. The number of hydrogen-bond acceptors (Lipinski definition) is 5. The van der Waals surface area contributed by atoms with E-state index < -0.39 is 17.7 Å². The first-order valence-electron chi connectivity index (χ1n) is 10.2. The number of nitrogens with one attached hydrogen (secondary N) is 1. The molecule has 1 aliphatic rings. The van der Waals surface area contributed by atoms with Crippen LogP contribution in [0.2, 0.25) is 0 Å². The number of hydrogen-bond donors (Lipinski definition) is 2. The van der Waals surface area contributed by atoms with Crippen molar-refractivity contribution in [3.8, 4) is 23.4 Å². The van der Waals surface area contributed by atoms with Crippen LogP contribution in [0.3, 0.4) is 0 Å². The number of nitrogens with two attached hydrogens (primary N) is 1. The maximum Gasteiger partial charge on any atom is 0.418 e. The highest BCUT2D eigenvalue weighted by molar-refractivity contribution is 5.59. The minimum Gasteiger partial charge on any atom is -0.438 e. The van der Waals surface area contributed by atoms with Gasteiger partial charge in [0.15, 0.2) is 0 Å². The fraction of sp³-hybridized carbons (Fsp3) is 0.0800. The van der Waals surface area contributed by atoms with Gasteiger partial charge in [-0.2, -0.15) is 18.4 Å². The third-order valence-corrected chi connectivity index (χ3v) is 5.68. The van der Waals surface area contributed by atoms with Gasteiger partial charge in [0.1, 0.15) is 17.6 Å². The minimum atomic E-state index is -4.62. The Bertz CT molecular complexity index is 1540. The first kappa shape index (κ1) is 21.3. The number of nitriles is 1. The van der Waals surface area contributed by atoms with Crippen molar-refractivity contribution in [2.24, 2.45) is 0 Å². The molecule has 6 nitrogen and oxygen atoms in total. The van der Waals surface area contributed by atoms with E-state index in [0.717, 1.165) is 17.0 Å². The molecule has 4 aromatic rings. The Hall–Kier alpha value is -4.58. The quantitative estimate of drug-likeness (QED) is 0.358. The van der Waals surface area contributed by atoms with Crippen LogP contribution in [0.1, 0.15) is 33.7 Å². The molecular weight excluding hydrogens is 443 g/mol. The Balaban J connectivity index is 1.79. The van der Waals surface area contributed by atoms with Crippen LogP contribution in [0.25, 0.3) is 5.69 Å². The molecule has 2 heterocycles. The lowest BCUT2D eigenvalue weighted by Crippen LogP contribution is -2.30. The normalized spacial score (nSPS) is 14.5. The number of ether oxygens (including phenoxy) is 1. The summed E-state index contributed by atoms with van der Waals surface area (Å²) >= 11 is 0. The fourth-order valence-electron chi connectivity index (χ4n) is 4.19. The van der Waals surface area contributed by atoms with Gasteiger partial charge in [0.2, 0.25) is 5.88 Å². The summed E-state index contributed by atoms with van der Waals surface area (Å²) in [6, 6.07) is 19.0. The highest BCUT2D eigenvalue weighted by Crippen LogP contribution is 2.45. The summed E-state index contributed by atoms with van der Waals surface area (Å²) in [6.45, 7) is 0. The third-order valence-electron chi connectivity index (χ3n) is 5.68. The molecule has 1 atom stereocenters. The summed E-state index contributed by atoms with van der Waals surface area (Å²) < 4.78 is 48.1. The molecular formula is C25H16F3N5O. The molecule has 0 spiro atoms. The van der Waals surface area contributed by atoms with Crippen LogP contribution in [-0.4, -0.2) is 9.55 Å². The molecule has 1 unspecified atom stereocenters. The van der Waals surface area contributed by atoms with Gasteiger partial charge in [-0.15, -0.1) is 0 Å². The van der Waals surface area contributed by atoms with Gasteiger partial charge in [0.25, 0.3) is 0 Å². The van der Waals surface area contributed by atoms with Crippen LogP contribution in [-0.2, 0) is 6.18 Å². The summed E-state index contributed by atoms with van der Waals surface area (Å²) in [6.07, 6.45) is -3.47. The van der Waals surface area contributed by atoms with Gasteiger partial charge >= 0.3 is 6.18 Å². The lowest BCUT2D eigenvalue weighted by atomic mass is 9.83. The van der Waals surface area contributed by atoms with E-state index in [-0.39, 0.29) is 17.1 Å². The second-order valence-electron chi connectivity index (χ2n) is 7.77. The average molecular weight is 459 g/mol. The van der Waals surface area contributed by atoms with Gasteiger partial charge < -0.3 is 10.5 Å². The Kier molecular flexibility index (Phi) is 4.87. The third kappa shape index (κ3) is 3.46. The zero-order chi connectivity index (χ0) is 24.0. The minimum absolute atomic E-state index is 0.0840. The van der Waals surface area contributed by atoms with Crippen LogP contribution in [0.5, 0.6) is 11.6 Å². The van der Waals surface area contributed by atoms with Gasteiger partial charge in [0, 0.05) is 17.2 Å². The molecule has 0 bridgehead atoms. The molecule has 1 aliphatic heterocycles. The molecule has 0 fully saturated rings. The van der Waals surface area contributed by atoms with Crippen molar-refractivity contribution in [3.05, 3.63) is 106 Å². The van der Waals surface area contributed by atoms with Crippen LogP contribution in [0, 0.1) is 16.7 Å². The lowest BCUT2D eigenvalue weighted by Gasteiger charge is -2.29. The first-order chi connectivity index (χ1) is 16.3. The van der Waals surface area contributed by atoms with Crippen molar-refractivity contribution >= 4 is 5.69 Å². The van der Waals surface area contributed by atoms with Crippen molar-refractivity contribution in [1.82, 2.24) is 9.55 Å². The van der Waals surface area contributed by atoms with Gasteiger partial charge in [-0.3, -0.25) is 9.98 Å². The zero-order valence-electron chi connectivity index (χ0n) is 17.5. The SMILES string of the molecule is N#Cc1ccc2c(c1)Oc1ncn(-c3ccccc3C(F)(F)F)c(=N)c1C2c1cccc(N)c1. The lowest BCUT2D eigenvalue weighted by molar-refractivity contribution is -0.137. The predicted octanol–water partition coefficient (Wildman–Crippen LogP) is 5.11. The smallest absolute Gasteiger partial charge is 0.418 e.